The SMILES string of the molecule is CC(=O)C(C)Nc1nc(-c2cccc(C)c2)nc(N2CCOCC2)n1. The van der Waals surface area contributed by atoms with Gasteiger partial charge in [0.2, 0.25) is 11.9 Å². The number of aromatic nitrogens is 3. The first kappa shape index (κ1) is 17.3. The van der Waals surface area contributed by atoms with Gasteiger partial charge in [0.25, 0.3) is 0 Å². The lowest BCUT2D eigenvalue weighted by atomic mass is 10.1. The van der Waals surface area contributed by atoms with Crippen LogP contribution in [0, 0.1) is 6.92 Å². The maximum Gasteiger partial charge on any atom is 0.230 e. The van der Waals surface area contributed by atoms with E-state index in [-0.39, 0.29) is 11.8 Å². The van der Waals surface area contributed by atoms with Gasteiger partial charge in [-0.15, -0.1) is 0 Å². The largest absolute Gasteiger partial charge is 0.378 e. The van der Waals surface area contributed by atoms with Crippen LogP contribution in [0.15, 0.2) is 24.3 Å². The molecule has 3 rings (SSSR count). The Morgan fingerprint density at radius 1 is 1.24 bits per heavy atom. The molecule has 1 saturated heterocycles. The van der Waals surface area contributed by atoms with Gasteiger partial charge in [-0.1, -0.05) is 23.8 Å². The quantitative estimate of drug-likeness (QED) is 0.891. The minimum atomic E-state index is -0.356. The molecule has 0 amide bonds. The summed E-state index contributed by atoms with van der Waals surface area (Å²) < 4.78 is 5.40. The van der Waals surface area contributed by atoms with Gasteiger partial charge in [-0.2, -0.15) is 15.0 Å². The predicted octanol–water partition coefficient (Wildman–Crippen LogP) is 2.07. The van der Waals surface area contributed by atoms with Crippen LogP contribution < -0.4 is 10.2 Å². The van der Waals surface area contributed by atoms with Crippen LogP contribution in [0.5, 0.6) is 0 Å². The second-order valence-electron chi connectivity index (χ2n) is 6.23. The Morgan fingerprint density at radius 3 is 2.68 bits per heavy atom. The van der Waals surface area contributed by atoms with E-state index in [1.54, 1.807) is 13.8 Å². The van der Waals surface area contributed by atoms with E-state index < -0.39 is 0 Å². The van der Waals surface area contributed by atoms with Crippen LogP contribution in [-0.4, -0.2) is 53.1 Å². The third-order valence-corrected chi connectivity index (χ3v) is 4.15. The number of ketones is 1. The van der Waals surface area contributed by atoms with Gasteiger partial charge in [0, 0.05) is 18.7 Å². The number of rotatable bonds is 5. The summed E-state index contributed by atoms with van der Waals surface area (Å²) in [5, 5.41) is 3.08. The molecule has 1 aliphatic heterocycles. The summed E-state index contributed by atoms with van der Waals surface area (Å²) in [7, 11) is 0. The normalized spacial score (nSPS) is 15.7. The number of Topliss-reactive ketones (excluding diaryl/α,β-unsaturated/α-hetero) is 1. The van der Waals surface area contributed by atoms with Gasteiger partial charge >= 0.3 is 0 Å². The summed E-state index contributed by atoms with van der Waals surface area (Å²) in [5.41, 5.74) is 2.06. The molecular formula is C18H23N5O2. The standard InChI is InChI=1S/C18H23N5O2/c1-12-5-4-6-15(11-12)16-20-17(19-13(2)14(3)24)22-18(21-16)23-7-9-25-10-8-23/h4-6,11,13H,7-10H2,1-3H3,(H,19,20,21,22). The van der Waals surface area contributed by atoms with Gasteiger partial charge in [0.15, 0.2) is 11.6 Å². The van der Waals surface area contributed by atoms with Crippen molar-refractivity contribution >= 4 is 17.7 Å². The van der Waals surface area contributed by atoms with Crippen molar-refractivity contribution in [2.24, 2.45) is 0 Å². The molecule has 0 spiro atoms. The third kappa shape index (κ3) is 4.30. The molecule has 1 aromatic carbocycles. The summed E-state index contributed by atoms with van der Waals surface area (Å²) in [6.07, 6.45) is 0. The van der Waals surface area contributed by atoms with E-state index in [1.165, 1.54) is 0 Å². The van der Waals surface area contributed by atoms with Crippen molar-refractivity contribution < 1.29 is 9.53 Å². The van der Waals surface area contributed by atoms with Crippen LogP contribution in [0.1, 0.15) is 19.4 Å². The van der Waals surface area contributed by atoms with Crippen molar-refractivity contribution in [2.75, 3.05) is 36.5 Å². The summed E-state index contributed by atoms with van der Waals surface area (Å²) in [6.45, 7) is 8.15. The molecule has 2 aromatic rings. The first-order valence-corrected chi connectivity index (χ1v) is 8.46. The second-order valence-corrected chi connectivity index (χ2v) is 6.23. The number of nitrogens with zero attached hydrogens (tertiary/aromatic N) is 4. The molecule has 1 aliphatic rings. The number of aryl methyl sites for hydroxylation is 1. The predicted molar refractivity (Wildman–Crippen MR) is 96.8 cm³/mol. The number of anilines is 2. The van der Waals surface area contributed by atoms with Gasteiger partial charge in [-0.05, 0) is 26.8 Å². The lowest BCUT2D eigenvalue weighted by Gasteiger charge is -2.27. The molecule has 1 N–H and O–H groups in total. The van der Waals surface area contributed by atoms with E-state index in [2.05, 4.69) is 25.2 Å². The minimum absolute atomic E-state index is 0.0328. The van der Waals surface area contributed by atoms with Gasteiger partial charge in [-0.25, -0.2) is 0 Å². The van der Waals surface area contributed by atoms with Gasteiger partial charge < -0.3 is 15.0 Å². The van der Waals surface area contributed by atoms with Crippen LogP contribution in [0.2, 0.25) is 0 Å². The zero-order valence-electron chi connectivity index (χ0n) is 14.8. The fraction of sp³-hybridized carbons (Fsp3) is 0.444. The van der Waals surface area contributed by atoms with Crippen LogP contribution in [0.3, 0.4) is 0 Å². The zero-order chi connectivity index (χ0) is 17.8. The summed E-state index contributed by atoms with van der Waals surface area (Å²) in [4.78, 5) is 27.3. The molecule has 1 unspecified atom stereocenters. The van der Waals surface area contributed by atoms with Crippen molar-refractivity contribution in [1.82, 2.24) is 15.0 Å². The number of hydrogen-bond donors (Lipinski definition) is 1. The highest BCUT2D eigenvalue weighted by molar-refractivity contribution is 5.83. The lowest BCUT2D eigenvalue weighted by Crippen LogP contribution is -2.37. The van der Waals surface area contributed by atoms with Crippen LogP contribution >= 0.6 is 0 Å². The molecule has 2 heterocycles. The van der Waals surface area contributed by atoms with Crippen molar-refractivity contribution in [1.29, 1.82) is 0 Å². The van der Waals surface area contributed by atoms with Crippen LogP contribution in [0.4, 0.5) is 11.9 Å². The van der Waals surface area contributed by atoms with E-state index >= 15 is 0 Å². The van der Waals surface area contributed by atoms with E-state index in [0.29, 0.717) is 30.9 Å². The second kappa shape index (κ2) is 7.57. The van der Waals surface area contributed by atoms with Gasteiger partial charge in [-0.3, -0.25) is 4.79 Å². The molecule has 0 aliphatic carbocycles. The first-order chi connectivity index (χ1) is 12.0. The number of benzene rings is 1. The number of carbonyl (C=O) groups is 1. The minimum Gasteiger partial charge on any atom is -0.378 e. The summed E-state index contributed by atoms with van der Waals surface area (Å²) in [5.74, 6) is 1.65. The molecule has 7 nitrogen and oxygen atoms in total. The van der Waals surface area contributed by atoms with Crippen LogP contribution in [-0.2, 0) is 9.53 Å². The molecule has 25 heavy (non-hydrogen) atoms. The van der Waals surface area contributed by atoms with E-state index in [4.69, 9.17) is 4.74 Å². The van der Waals surface area contributed by atoms with Crippen molar-refractivity contribution in [3.8, 4) is 11.4 Å². The molecule has 1 atom stereocenters. The Morgan fingerprint density at radius 2 is 2.00 bits per heavy atom. The molecule has 1 fully saturated rings. The molecular weight excluding hydrogens is 318 g/mol. The molecule has 0 saturated carbocycles. The Kier molecular flexibility index (Phi) is 5.23. The highest BCUT2D eigenvalue weighted by Crippen LogP contribution is 2.21. The van der Waals surface area contributed by atoms with E-state index in [1.807, 2.05) is 31.2 Å². The topological polar surface area (TPSA) is 80.2 Å². The average Bonchev–Trinajstić information content (AvgIpc) is 2.62. The Labute approximate surface area is 147 Å². The Bertz CT molecular complexity index is 759. The fourth-order valence-corrected chi connectivity index (χ4v) is 2.54. The highest BCUT2D eigenvalue weighted by Gasteiger charge is 2.18. The average molecular weight is 341 g/mol. The maximum absolute atomic E-state index is 11.6. The van der Waals surface area contributed by atoms with Crippen molar-refractivity contribution in [3.05, 3.63) is 29.8 Å². The number of ether oxygens (including phenoxy) is 1. The number of carbonyl (C=O) groups excluding carboxylic acids is 1. The Hall–Kier alpha value is -2.54. The van der Waals surface area contributed by atoms with E-state index in [0.717, 1.165) is 24.2 Å². The van der Waals surface area contributed by atoms with E-state index in [9.17, 15) is 4.79 Å². The van der Waals surface area contributed by atoms with Gasteiger partial charge in [0.1, 0.15) is 0 Å². The Balaban J connectivity index is 1.99. The molecule has 1 aromatic heterocycles. The van der Waals surface area contributed by atoms with Crippen molar-refractivity contribution in [2.45, 2.75) is 26.8 Å². The summed E-state index contributed by atoms with van der Waals surface area (Å²) >= 11 is 0. The smallest absolute Gasteiger partial charge is 0.230 e. The number of morpholine rings is 1. The molecule has 7 heteroatoms. The monoisotopic (exact) mass is 341 g/mol. The lowest BCUT2D eigenvalue weighted by molar-refractivity contribution is -0.117. The molecule has 132 valence electrons. The number of nitrogens with one attached hydrogen (secondary N) is 1. The van der Waals surface area contributed by atoms with Gasteiger partial charge in [0.05, 0.1) is 19.3 Å². The highest BCUT2D eigenvalue weighted by atomic mass is 16.5. The molecule has 0 radical (unpaired) electrons. The van der Waals surface area contributed by atoms with Crippen molar-refractivity contribution in [3.63, 3.8) is 0 Å². The molecule has 0 bridgehead atoms. The maximum atomic E-state index is 11.6. The fourth-order valence-electron chi connectivity index (χ4n) is 2.54. The number of hydrogen-bond acceptors (Lipinski definition) is 7. The van der Waals surface area contributed by atoms with Crippen LogP contribution in [0.25, 0.3) is 11.4 Å². The third-order valence-electron chi connectivity index (χ3n) is 4.15. The zero-order valence-corrected chi connectivity index (χ0v) is 14.8. The summed E-state index contributed by atoms with van der Waals surface area (Å²) in [6, 6.07) is 7.67. The first-order valence-electron chi connectivity index (χ1n) is 8.46.